The van der Waals surface area contributed by atoms with Crippen LogP contribution in [0.1, 0.15) is 78.9 Å². The van der Waals surface area contributed by atoms with Gasteiger partial charge in [-0.2, -0.15) is 16.9 Å². The van der Waals surface area contributed by atoms with Gasteiger partial charge in [-0.3, -0.25) is 4.68 Å². The molecule has 5 heteroatoms. The Balaban J connectivity index is 1.57. The number of aromatic nitrogens is 2. The van der Waals surface area contributed by atoms with Gasteiger partial charge in [0.1, 0.15) is 11.4 Å². The maximum atomic E-state index is 6.59. The minimum atomic E-state index is 0.548. The zero-order valence-electron chi connectivity index (χ0n) is 16.3. The average Bonchev–Trinajstić information content (AvgIpc) is 3.59. The largest absolute Gasteiger partial charge is 0.453 e. The number of ether oxygens (including phenoxy) is 1. The zero-order valence-corrected chi connectivity index (χ0v) is 17.1. The molecule has 0 atom stereocenters. The van der Waals surface area contributed by atoms with Crippen molar-refractivity contribution in [3.8, 4) is 11.5 Å². The Kier molecular flexibility index (Phi) is 4.38. The Hall–Kier alpha value is -1.62. The first-order valence-electron chi connectivity index (χ1n) is 10.4. The predicted octanol–water partition coefficient (Wildman–Crippen LogP) is 5.70. The lowest BCUT2D eigenvalue weighted by molar-refractivity contribution is 0.405. The first-order valence-corrected chi connectivity index (χ1v) is 11.5. The minimum Gasteiger partial charge on any atom is -0.453 e. The van der Waals surface area contributed by atoms with E-state index < -0.39 is 0 Å². The Morgan fingerprint density at radius 2 is 1.63 bits per heavy atom. The first kappa shape index (κ1) is 17.5. The van der Waals surface area contributed by atoms with Crippen LogP contribution >= 0.6 is 11.8 Å². The molecule has 1 aromatic carbocycles. The van der Waals surface area contributed by atoms with Crippen molar-refractivity contribution in [3.63, 3.8) is 0 Å². The van der Waals surface area contributed by atoms with Crippen molar-refractivity contribution in [2.75, 3.05) is 17.2 Å². The Morgan fingerprint density at radius 1 is 1.00 bits per heavy atom. The summed E-state index contributed by atoms with van der Waals surface area (Å²) < 4.78 is 8.97. The molecule has 144 valence electrons. The number of aryl methyl sites for hydroxylation is 2. The molecule has 2 N–H and O–H groups in total. The van der Waals surface area contributed by atoms with Crippen molar-refractivity contribution in [3.05, 3.63) is 34.6 Å². The van der Waals surface area contributed by atoms with Gasteiger partial charge in [-0.25, -0.2) is 0 Å². The highest BCUT2D eigenvalue weighted by molar-refractivity contribution is 7.99. The number of rotatable bonds is 5. The molecular weight excluding hydrogens is 354 g/mol. The maximum Gasteiger partial charge on any atom is 0.172 e. The number of hydrogen-bond acceptors (Lipinski definition) is 4. The highest BCUT2D eigenvalue weighted by Crippen LogP contribution is 2.53. The van der Waals surface area contributed by atoms with Crippen LogP contribution in [0.15, 0.2) is 12.1 Å². The molecule has 1 saturated heterocycles. The second-order valence-electron chi connectivity index (χ2n) is 8.51. The summed E-state index contributed by atoms with van der Waals surface area (Å²) in [6, 6.07) is 4.70. The number of nitrogens with two attached hydrogens (primary N) is 1. The van der Waals surface area contributed by atoms with E-state index in [0.717, 1.165) is 28.3 Å². The summed E-state index contributed by atoms with van der Waals surface area (Å²) >= 11 is 2.08. The molecular formula is C22H29N3OS. The summed E-state index contributed by atoms with van der Waals surface area (Å²) in [4.78, 5) is 0. The molecule has 0 spiro atoms. The van der Waals surface area contributed by atoms with Gasteiger partial charge >= 0.3 is 0 Å². The van der Waals surface area contributed by atoms with Crippen LogP contribution in [-0.2, 0) is 0 Å². The van der Waals surface area contributed by atoms with Gasteiger partial charge in [-0.15, -0.1) is 0 Å². The van der Waals surface area contributed by atoms with Crippen LogP contribution in [0.25, 0.3) is 0 Å². The molecule has 2 saturated carbocycles. The highest BCUT2D eigenvalue weighted by atomic mass is 32.2. The molecule has 0 bridgehead atoms. The van der Waals surface area contributed by atoms with Gasteiger partial charge in [-0.05, 0) is 87.1 Å². The predicted molar refractivity (Wildman–Crippen MR) is 112 cm³/mol. The van der Waals surface area contributed by atoms with Gasteiger partial charge in [0, 0.05) is 17.5 Å². The smallest absolute Gasteiger partial charge is 0.172 e. The molecule has 3 aliphatic rings. The topological polar surface area (TPSA) is 53.1 Å². The maximum absolute atomic E-state index is 6.59. The number of hydrogen-bond donors (Lipinski definition) is 1. The van der Waals surface area contributed by atoms with E-state index in [2.05, 4.69) is 42.4 Å². The average molecular weight is 384 g/mol. The summed E-state index contributed by atoms with van der Waals surface area (Å²) in [6.07, 6.45) is 7.50. The lowest BCUT2D eigenvalue weighted by atomic mass is 10.1. The van der Waals surface area contributed by atoms with Gasteiger partial charge in [-0.1, -0.05) is 0 Å². The number of nitrogen functional groups attached to an aromatic ring is 1. The molecule has 0 radical (unpaired) electrons. The van der Waals surface area contributed by atoms with Crippen LogP contribution in [0, 0.1) is 13.8 Å². The van der Waals surface area contributed by atoms with Crippen molar-refractivity contribution in [1.29, 1.82) is 0 Å². The Labute approximate surface area is 165 Å². The molecule has 4 nitrogen and oxygen atoms in total. The van der Waals surface area contributed by atoms with E-state index in [-0.39, 0.29) is 0 Å². The third-order valence-electron chi connectivity index (χ3n) is 6.18. The molecule has 2 heterocycles. The third kappa shape index (κ3) is 3.35. The second-order valence-corrected chi connectivity index (χ2v) is 9.73. The van der Waals surface area contributed by atoms with E-state index in [4.69, 9.17) is 15.6 Å². The second kappa shape index (κ2) is 6.77. The molecule has 27 heavy (non-hydrogen) atoms. The van der Waals surface area contributed by atoms with Crippen molar-refractivity contribution < 1.29 is 4.74 Å². The molecule has 1 aliphatic heterocycles. The summed E-state index contributed by atoms with van der Waals surface area (Å²) in [6.45, 7) is 4.11. The van der Waals surface area contributed by atoms with Crippen LogP contribution in [0.5, 0.6) is 11.5 Å². The van der Waals surface area contributed by atoms with Gasteiger partial charge < -0.3 is 10.5 Å². The van der Waals surface area contributed by atoms with E-state index in [1.807, 2.05) is 0 Å². The summed E-state index contributed by atoms with van der Waals surface area (Å²) in [7, 11) is 0. The molecule has 0 amide bonds. The number of anilines is 1. The number of benzene rings is 1. The number of nitrogens with zero attached hydrogens (tertiary/aromatic N) is 2. The van der Waals surface area contributed by atoms with E-state index in [0.29, 0.717) is 17.9 Å². The Bertz CT molecular complexity index is 838. The quantitative estimate of drug-likeness (QED) is 0.673. The summed E-state index contributed by atoms with van der Waals surface area (Å²) in [5, 5.41) is 5.17. The van der Waals surface area contributed by atoms with E-state index >= 15 is 0 Å². The van der Waals surface area contributed by atoms with E-state index in [1.54, 1.807) is 0 Å². The molecule has 2 aromatic rings. The van der Waals surface area contributed by atoms with Crippen molar-refractivity contribution in [1.82, 2.24) is 9.78 Å². The lowest BCUT2D eigenvalue weighted by Crippen LogP contribution is -2.18. The van der Waals surface area contributed by atoms with Crippen LogP contribution < -0.4 is 10.5 Å². The van der Waals surface area contributed by atoms with Gasteiger partial charge in [0.2, 0.25) is 0 Å². The van der Waals surface area contributed by atoms with Crippen molar-refractivity contribution >= 4 is 17.4 Å². The third-order valence-corrected chi connectivity index (χ3v) is 7.23. The molecule has 5 rings (SSSR count). The van der Waals surface area contributed by atoms with Gasteiger partial charge in [0.25, 0.3) is 0 Å². The normalized spacial score (nSPS) is 20.8. The highest BCUT2D eigenvalue weighted by Gasteiger charge is 2.40. The van der Waals surface area contributed by atoms with Crippen LogP contribution in [0.3, 0.4) is 0 Å². The molecule has 0 unspecified atom stereocenters. The van der Waals surface area contributed by atoms with Gasteiger partial charge in [0.15, 0.2) is 5.75 Å². The SMILES string of the molecule is Cc1cc(Oc2c(C3CC3)nn(C3CCSCC3)c2C2CC2)cc(C)c1N. The fourth-order valence-electron chi connectivity index (χ4n) is 4.23. The number of thioether (sulfide) groups is 1. The summed E-state index contributed by atoms with van der Waals surface area (Å²) in [5.41, 5.74) is 11.8. The van der Waals surface area contributed by atoms with Gasteiger partial charge in [0.05, 0.1) is 11.7 Å². The van der Waals surface area contributed by atoms with E-state index in [9.17, 15) is 0 Å². The van der Waals surface area contributed by atoms with Crippen molar-refractivity contribution in [2.45, 2.75) is 70.3 Å². The Morgan fingerprint density at radius 3 is 2.22 bits per heavy atom. The molecule has 1 aromatic heterocycles. The fourth-order valence-corrected chi connectivity index (χ4v) is 5.31. The van der Waals surface area contributed by atoms with Crippen LogP contribution in [0.2, 0.25) is 0 Å². The van der Waals surface area contributed by atoms with Crippen molar-refractivity contribution in [2.24, 2.45) is 0 Å². The molecule has 3 fully saturated rings. The summed E-state index contributed by atoms with van der Waals surface area (Å²) in [5.74, 6) is 5.70. The van der Waals surface area contributed by atoms with E-state index in [1.165, 1.54) is 61.4 Å². The first-order chi connectivity index (χ1) is 13.1. The zero-order chi connectivity index (χ0) is 18.5. The standard InChI is InChI=1S/C22H29N3OS/c1-13-11-18(12-14(2)19(13)23)26-22-20(15-3-4-15)24-25(21(22)16-5-6-16)17-7-9-27-10-8-17/h11-12,15-17H,3-10,23H2,1-2H3. The molecule has 2 aliphatic carbocycles. The lowest BCUT2D eigenvalue weighted by Gasteiger charge is -2.24. The monoisotopic (exact) mass is 383 g/mol. The fraction of sp³-hybridized carbons (Fsp3) is 0.591. The van der Waals surface area contributed by atoms with Crippen LogP contribution in [-0.4, -0.2) is 21.3 Å². The van der Waals surface area contributed by atoms with Crippen LogP contribution in [0.4, 0.5) is 5.69 Å². The minimum absolute atomic E-state index is 0.548.